The first kappa shape index (κ1) is 16.9. The summed E-state index contributed by atoms with van der Waals surface area (Å²) in [5, 5.41) is 15.3. The van der Waals surface area contributed by atoms with Gasteiger partial charge in [-0.2, -0.15) is 10.2 Å². The third-order valence-corrected chi connectivity index (χ3v) is 4.38. The van der Waals surface area contributed by atoms with Crippen LogP contribution in [0.3, 0.4) is 0 Å². The zero-order chi connectivity index (χ0) is 16.8. The number of carbonyl (C=O) groups excluding carboxylic acids is 1. The molecule has 1 aliphatic carbocycles. The van der Waals surface area contributed by atoms with Crippen LogP contribution in [-0.4, -0.2) is 65.1 Å². The number of nitrogens with one attached hydrogen (secondary N) is 1. The van der Waals surface area contributed by atoms with E-state index in [9.17, 15) is 4.79 Å². The molecule has 1 aromatic heterocycles. The summed E-state index contributed by atoms with van der Waals surface area (Å²) < 4.78 is 5.31. The molecule has 2 aliphatic rings. The third-order valence-electron chi connectivity index (χ3n) is 4.38. The quantitative estimate of drug-likeness (QED) is 0.725. The highest BCUT2D eigenvalue weighted by atomic mass is 16.5. The van der Waals surface area contributed by atoms with Crippen LogP contribution in [0.4, 0.5) is 0 Å². The highest BCUT2D eigenvalue weighted by Crippen LogP contribution is 2.38. The Balaban J connectivity index is 1.41. The molecule has 1 aliphatic heterocycles. The van der Waals surface area contributed by atoms with Crippen LogP contribution in [0.1, 0.15) is 43.3 Å². The van der Waals surface area contributed by atoms with E-state index in [-0.39, 0.29) is 5.91 Å². The van der Waals surface area contributed by atoms with Crippen molar-refractivity contribution in [1.82, 2.24) is 25.3 Å². The van der Waals surface area contributed by atoms with Crippen molar-refractivity contribution in [3.05, 3.63) is 11.7 Å². The Labute approximate surface area is 141 Å². The van der Waals surface area contributed by atoms with Crippen LogP contribution >= 0.6 is 0 Å². The molecule has 2 heterocycles. The summed E-state index contributed by atoms with van der Waals surface area (Å²) in [5.41, 5.74) is 0. The summed E-state index contributed by atoms with van der Waals surface area (Å²) in [4.78, 5) is 20.8. The van der Waals surface area contributed by atoms with Crippen LogP contribution in [0, 0.1) is 11.3 Å². The van der Waals surface area contributed by atoms with E-state index in [0.29, 0.717) is 32.0 Å². The van der Waals surface area contributed by atoms with Crippen LogP contribution in [-0.2, 0) is 11.3 Å². The van der Waals surface area contributed by atoms with Gasteiger partial charge in [0.25, 0.3) is 0 Å². The van der Waals surface area contributed by atoms with Crippen LogP contribution in [0.5, 0.6) is 0 Å². The molecule has 1 saturated carbocycles. The maximum Gasteiger partial charge on any atom is 0.234 e. The van der Waals surface area contributed by atoms with E-state index in [1.165, 1.54) is 0 Å². The molecule has 1 saturated heterocycles. The number of carbonyl (C=O) groups is 1. The van der Waals surface area contributed by atoms with Gasteiger partial charge in [0.1, 0.15) is 0 Å². The van der Waals surface area contributed by atoms with Gasteiger partial charge in [-0.15, -0.1) is 0 Å². The fraction of sp³-hybridized carbons (Fsp3) is 0.750. The predicted octanol–water partition coefficient (Wildman–Crippen LogP) is 0.485. The summed E-state index contributed by atoms with van der Waals surface area (Å²) in [6.45, 7) is 5.14. The molecule has 0 atom stereocenters. The molecule has 0 bridgehead atoms. The number of nitriles is 1. The number of rotatable bonds is 7. The number of aromatic nitrogens is 2. The number of nitrogens with zero attached hydrogens (tertiary/aromatic N) is 5. The lowest BCUT2D eigenvalue weighted by atomic mass is 10.3. The SMILES string of the molecule is N#CCCNC(=O)CN1CCCN(Cc2noc(C3CC3)n2)CC1. The van der Waals surface area contributed by atoms with Crippen molar-refractivity contribution in [2.45, 2.75) is 38.1 Å². The number of amides is 1. The van der Waals surface area contributed by atoms with Gasteiger partial charge in [0.15, 0.2) is 5.82 Å². The van der Waals surface area contributed by atoms with Crippen LogP contribution in [0.25, 0.3) is 0 Å². The lowest BCUT2D eigenvalue weighted by Crippen LogP contribution is -2.39. The molecule has 24 heavy (non-hydrogen) atoms. The van der Waals surface area contributed by atoms with Crippen LogP contribution in [0.15, 0.2) is 4.52 Å². The van der Waals surface area contributed by atoms with Gasteiger partial charge in [-0.25, -0.2) is 0 Å². The molecule has 1 aromatic rings. The zero-order valence-electron chi connectivity index (χ0n) is 13.9. The minimum Gasteiger partial charge on any atom is -0.354 e. The molecule has 2 fully saturated rings. The lowest BCUT2D eigenvalue weighted by Gasteiger charge is -2.20. The van der Waals surface area contributed by atoms with Gasteiger partial charge < -0.3 is 9.84 Å². The summed E-state index contributed by atoms with van der Waals surface area (Å²) in [5.74, 6) is 2.03. The Bertz CT molecular complexity index is 592. The molecule has 8 heteroatoms. The Hall–Kier alpha value is -1.98. The van der Waals surface area contributed by atoms with Gasteiger partial charge in [0.2, 0.25) is 11.8 Å². The van der Waals surface area contributed by atoms with Crippen LogP contribution in [0.2, 0.25) is 0 Å². The van der Waals surface area contributed by atoms with Crippen molar-refractivity contribution in [3.63, 3.8) is 0 Å². The topological polar surface area (TPSA) is 98.3 Å². The van der Waals surface area contributed by atoms with E-state index in [2.05, 4.69) is 25.3 Å². The molecule has 1 amide bonds. The zero-order valence-corrected chi connectivity index (χ0v) is 13.9. The lowest BCUT2D eigenvalue weighted by molar-refractivity contribution is -0.122. The van der Waals surface area contributed by atoms with Crippen molar-refractivity contribution in [3.8, 4) is 6.07 Å². The second-order valence-electron chi connectivity index (χ2n) is 6.49. The Kier molecular flexibility index (Phi) is 5.77. The van der Waals surface area contributed by atoms with Crippen molar-refractivity contribution in [1.29, 1.82) is 5.26 Å². The molecule has 0 unspecified atom stereocenters. The fourth-order valence-electron chi connectivity index (χ4n) is 2.89. The van der Waals surface area contributed by atoms with Gasteiger partial charge in [-0.05, 0) is 32.4 Å². The number of hydrogen-bond donors (Lipinski definition) is 1. The van der Waals surface area contributed by atoms with Gasteiger partial charge in [-0.3, -0.25) is 14.6 Å². The van der Waals surface area contributed by atoms with E-state index in [1.54, 1.807) is 0 Å². The predicted molar refractivity (Wildman–Crippen MR) is 85.8 cm³/mol. The highest BCUT2D eigenvalue weighted by Gasteiger charge is 2.30. The van der Waals surface area contributed by atoms with Gasteiger partial charge >= 0.3 is 0 Å². The normalized spacial score (nSPS) is 19.6. The third kappa shape index (κ3) is 5.01. The molecule has 0 radical (unpaired) electrons. The second kappa shape index (κ2) is 8.22. The Morgan fingerprint density at radius 2 is 2.08 bits per heavy atom. The summed E-state index contributed by atoms with van der Waals surface area (Å²) in [6.07, 6.45) is 3.69. The Morgan fingerprint density at radius 1 is 1.29 bits per heavy atom. The molecule has 0 spiro atoms. The smallest absolute Gasteiger partial charge is 0.234 e. The summed E-state index contributed by atoms with van der Waals surface area (Å²) in [7, 11) is 0. The van der Waals surface area contributed by atoms with E-state index in [4.69, 9.17) is 9.78 Å². The molecule has 8 nitrogen and oxygen atoms in total. The van der Waals surface area contributed by atoms with Crippen molar-refractivity contribution < 1.29 is 9.32 Å². The maximum absolute atomic E-state index is 11.8. The molecule has 3 rings (SSSR count). The minimum atomic E-state index is -0.00839. The first-order chi connectivity index (χ1) is 11.7. The monoisotopic (exact) mass is 332 g/mol. The average Bonchev–Trinajstić information content (AvgIpc) is 3.34. The van der Waals surface area contributed by atoms with Gasteiger partial charge in [0.05, 0.1) is 25.6 Å². The minimum absolute atomic E-state index is 0.00839. The van der Waals surface area contributed by atoms with Crippen molar-refractivity contribution >= 4 is 5.91 Å². The first-order valence-corrected chi connectivity index (χ1v) is 8.65. The second-order valence-corrected chi connectivity index (χ2v) is 6.49. The van der Waals surface area contributed by atoms with E-state index < -0.39 is 0 Å². The molecule has 0 aromatic carbocycles. The van der Waals surface area contributed by atoms with E-state index in [1.807, 2.05) is 6.07 Å². The largest absolute Gasteiger partial charge is 0.354 e. The number of hydrogen-bond acceptors (Lipinski definition) is 7. The van der Waals surface area contributed by atoms with Crippen molar-refractivity contribution in [2.75, 3.05) is 39.3 Å². The first-order valence-electron chi connectivity index (χ1n) is 8.65. The van der Waals surface area contributed by atoms with E-state index >= 15 is 0 Å². The molecular weight excluding hydrogens is 308 g/mol. The van der Waals surface area contributed by atoms with E-state index in [0.717, 1.165) is 57.2 Å². The fourth-order valence-corrected chi connectivity index (χ4v) is 2.89. The summed E-state index contributed by atoms with van der Waals surface area (Å²) >= 11 is 0. The van der Waals surface area contributed by atoms with Crippen LogP contribution < -0.4 is 5.32 Å². The van der Waals surface area contributed by atoms with Gasteiger partial charge in [-0.1, -0.05) is 5.16 Å². The average molecular weight is 332 g/mol. The Morgan fingerprint density at radius 3 is 2.88 bits per heavy atom. The summed E-state index contributed by atoms with van der Waals surface area (Å²) in [6, 6.07) is 2.02. The molecular formula is C16H24N6O2. The molecule has 1 N–H and O–H groups in total. The maximum atomic E-state index is 11.8. The van der Waals surface area contributed by atoms with Gasteiger partial charge in [0, 0.05) is 25.6 Å². The molecule has 130 valence electrons. The van der Waals surface area contributed by atoms with Crippen molar-refractivity contribution in [2.24, 2.45) is 0 Å². The standard InChI is InChI=1S/C16H24N6O2/c17-5-1-6-18-15(23)12-22-8-2-7-21(9-10-22)11-14-19-16(24-20-14)13-3-4-13/h13H,1-4,6-12H2,(H,18,23). The highest BCUT2D eigenvalue weighted by molar-refractivity contribution is 5.78.